The highest BCUT2D eigenvalue weighted by molar-refractivity contribution is 8.00. The summed E-state index contributed by atoms with van der Waals surface area (Å²) >= 11 is 3.41. The average molecular weight is 288 g/mol. The molecule has 0 amide bonds. The fourth-order valence-electron chi connectivity index (χ4n) is 1.61. The molecule has 3 aromatic rings. The van der Waals surface area contributed by atoms with Crippen LogP contribution in [0.4, 0.5) is 5.82 Å². The normalized spacial score (nSPS) is 10.8. The van der Waals surface area contributed by atoms with Crippen LogP contribution in [0.1, 0.15) is 5.69 Å². The van der Waals surface area contributed by atoms with Crippen LogP contribution in [-0.2, 0) is 5.75 Å². The van der Waals surface area contributed by atoms with E-state index in [1.165, 1.54) is 4.70 Å². The van der Waals surface area contributed by atoms with E-state index in [1.807, 2.05) is 25.2 Å². The fourth-order valence-corrected chi connectivity index (χ4v) is 3.57. The van der Waals surface area contributed by atoms with E-state index in [4.69, 9.17) is 0 Å². The van der Waals surface area contributed by atoms with E-state index >= 15 is 0 Å². The van der Waals surface area contributed by atoms with Crippen molar-refractivity contribution < 1.29 is 0 Å². The maximum absolute atomic E-state index is 4.58. The van der Waals surface area contributed by atoms with Gasteiger partial charge in [0.1, 0.15) is 5.82 Å². The number of fused-ring (bicyclic) bond motifs is 1. The van der Waals surface area contributed by atoms with Crippen molar-refractivity contribution in [2.75, 3.05) is 12.4 Å². The second-order valence-electron chi connectivity index (χ2n) is 3.88. The number of nitrogens with one attached hydrogen (secondary N) is 1. The molecule has 0 unspecified atom stereocenters. The van der Waals surface area contributed by atoms with Crippen molar-refractivity contribution >= 4 is 39.1 Å². The molecule has 96 valence electrons. The number of thiazole rings is 1. The Bertz CT molecular complexity index is 645. The molecular formula is C13H12N4S2. The standard InChI is InChI=1S/C13H12N4S2/c1-14-12-7-15-9(6-16-12)8-18-13-17-10-4-2-3-5-11(10)19-13/h2-7H,8H2,1H3,(H,14,16). The van der Waals surface area contributed by atoms with Crippen molar-refractivity contribution in [2.45, 2.75) is 10.1 Å². The summed E-state index contributed by atoms with van der Waals surface area (Å²) in [7, 11) is 1.83. The van der Waals surface area contributed by atoms with Gasteiger partial charge >= 0.3 is 0 Å². The van der Waals surface area contributed by atoms with Crippen LogP contribution < -0.4 is 5.32 Å². The maximum atomic E-state index is 4.58. The van der Waals surface area contributed by atoms with Gasteiger partial charge in [-0.05, 0) is 12.1 Å². The van der Waals surface area contributed by atoms with Gasteiger partial charge < -0.3 is 5.32 Å². The Hall–Kier alpha value is -1.66. The third kappa shape index (κ3) is 2.85. The van der Waals surface area contributed by atoms with Gasteiger partial charge in [0.25, 0.3) is 0 Å². The first-order valence-electron chi connectivity index (χ1n) is 5.82. The van der Waals surface area contributed by atoms with Crippen LogP contribution in [0, 0.1) is 0 Å². The van der Waals surface area contributed by atoms with E-state index in [9.17, 15) is 0 Å². The van der Waals surface area contributed by atoms with Crippen LogP contribution in [-0.4, -0.2) is 22.0 Å². The minimum absolute atomic E-state index is 0.786. The predicted molar refractivity (Wildman–Crippen MR) is 80.8 cm³/mol. The topological polar surface area (TPSA) is 50.7 Å². The van der Waals surface area contributed by atoms with E-state index < -0.39 is 0 Å². The lowest BCUT2D eigenvalue weighted by Gasteiger charge is -2.00. The van der Waals surface area contributed by atoms with Gasteiger partial charge in [-0.15, -0.1) is 11.3 Å². The van der Waals surface area contributed by atoms with Crippen LogP contribution in [0.5, 0.6) is 0 Å². The van der Waals surface area contributed by atoms with Crippen LogP contribution in [0.15, 0.2) is 41.0 Å². The van der Waals surface area contributed by atoms with Gasteiger partial charge in [0, 0.05) is 12.8 Å². The fraction of sp³-hybridized carbons (Fsp3) is 0.154. The Labute approximate surface area is 119 Å². The zero-order valence-electron chi connectivity index (χ0n) is 10.3. The Kier molecular flexibility index (Phi) is 3.61. The van der Waals surface area contributed by atoms with E-state index in [2.05, 4.69) is 26.3 Å². The summed E-state index contributed by atoms with van der Waals surface area (Å²) in [5, 5.41) is 2.96. The number of thioether (sulfide) groups is 1. The number of anilines is 1. The second-order valence-corrected chi connectivity index (χ2v) is 6.13. The number of aromatic nitrogens is 3. The van der Waals surface area contributed by atoms with Crippen molar-refractivity contribution in [2.24, 2.45) is 0 Å². The largest absolute Gasteiger partial charge is 0.372 e. The molecule has 0 aliphatic carbocycles. The SMILES string of the molecule is CNc1cnc(CSc2nc3ccccc3s2)cn1. The molecule has 6 heteroatoms. The molecule has 0 saturated carbocycles. The molecule has 2 heterocycles. The lowest BCUT2D eigenvalue weighted by molar-refractivity contribution is 1.09. The third-order valence-corrected chi connectivity index (χ3v) is 4.79. The summed E-state index contributed by atoms with van der Waals surface area (Å²) in [6.07, 6.45) is 3.54. The van der Waals surface area contributed by atoms with Gasteiger partial charge in [-0.1, -0.05) is 23.9 Å². The molecule has 1 aromatic carbocycles. The zero-order chi connectivity index (χ0) is 13.1. The van der Waals surface area contributed by atoms with Crippen LogP contribution >= 0.6 is 23.1 Å². The van der Waals surface area contributed by atoms with Gasteiger partial charge in [-0.3, -0.25) is 4.98 Å². The van der Waals surface area contributed by atoms with Crippen LogP contribution in [0.25, 0.3) is 10.2 Å². The summed E-state index contributed by atoms with van der Waals surface area (Å²) in [6.45, 7) is 0. The Morgan fingerprint density at radius 3 is 2.84 bits per heavy atom. The van der Waals surface area contributed by atoms with E-state index in [-0.39, 0.29) is 0 Å². The van der Waals surface area contributed by atoms with Gasteiger partial charge in [0.05, 0.1) is 28.3 Å². The highest BCUT2D eigenvalue weighted by atomic mass is 32.2. The molecule has 0 spiro atoms. The molecule has 19 heavy (non-hydrogen) atoms. The monoisotopic (exact) mass is 288 g/mol. The molecule has 0 fully saturated rings. The molecule has 4 nitrogen and oxygen atoms in total. The van der Waals surface area contributed by atoms with Crippen molar-refractivity contribution in [1.29, 1.82) is 0 Å². The van der Waals surface area contributed by atoms with Crippen LogP contribution in [0.2, 0.25) is 0 Å². The highest BCUT2D eigenvalue weighted by Crippen LogP contribution is 2.30. The van der Waals surface area contributed by atoms with Gasteiger partial charge in [-0.25, -0.2) is 9.97 Å². The molecule has 0 bridgehead atoms. The summed E-state index contributed by atoms with van der Waals surface area (Å²) in [4.78, 5) is 13.2. The van der Waals surface area contributed by atoms with E-state index in [0.29, 0.717) is 0 Å². The van der Waals surface area contributed by atoms with Gasteiger partial charge in [-0.2, -0.15) is 0 Å². The summed E-state index contributed by atoms with van der Waals surface area (Å²) in [5.41, 5.74) is 2.02. The first-order chi connectivity index (χ1) is 9.35. The van der Waals surface area contributed by atoms with Crippen molar-refractivity contribution in [3.05, 3.63) is 42.4 Å². The molecule has 0 atom stereocenters. The summed E-state index contributed by atoms with van der Waals surface area (Å²) < 4.78 is 2.29. The quantitative estimate of drug-likeness (QED) is 0.745. The van der Waals surface area contributed by atoms with Gasteiger partial charge in [0.15, 0.2) is 4.34 Å². The molecule has 0 radical (unpaired) electrons. The van der Waals surface area contributed by atoms with Gasteiger partial charge in [0.2, 0.25) is 0 Å². The first kappa shape index (κ1) is 12.4. The minimum atomic E-state index is 0.786. The number of para-hydroxylation sites is 1. The molecule has 2 aromatic heterocycles. The van der Waals surface area contributed by atoms with E-state index in [1.54, 1.807) is 35.5 Å². The lowest BCUT2D eigenvalue weighted by Crippen LogP contribution is -1.95. The Morgan fingerprint density at radius 1 is 1.21 bits per heavy atom. The molecule has 0 saturated heterocycles. The van der Waals surface area contributed by atoms with E-state index in [0.717, 1.165) is 27.1 Å². The summed E-state index contributed by atoms with van der Waals surface area (Å²) in [5.74, 6) is 1.57. The molecule has 3 rings (SSSR count). The third-order valence-electron chi connectivity index (χ3n) is 2.58. The van der Waals surface area contributed by atoms with Crippen LogP contribution in [0.3, 0.4) is 0 Å². The van der Waals surface area contributed by atoms with Crippen molar-refractivity contribution in [3.8, 4) is 0 Å². The average Bonchev–Trinajstić information content (AvgIpc) is 2.88. The maximum Gasteiger partial charge on any atom is 0.151 e. The number of benzene rings is 1. The predicted octanol–water partition coefficient (Wildman–Crippen LogP) is 3.42. The van der Waals surface area contributed by atoms with Crippen molar-refractivity contribution in [1.82, 2.24) is 15.0 Å². The molecule has 0 aliphatic rings. The zero-order valence-corrected chi connectivity index (χ0v) is 12.0. The molecule has 1 N–H and O–H groups in total. The number of nitrogens with zero attached hydrogens (tertiary/aromatic N) is 3. The number of hydrogen-bond donors (Lipinski definition) is 1. The number of rotatable bonds is 4. The highest BCUT2D eigenvalue weighted by Gasteiger charge is 2.05. The summed E-state index contributed by atoms with van der Waals surface area (Å²) in [6, 6.07) is 8.19. The number of hydrogen-bond acceptors (Lipinski definition) is 6. The smallest absolute Gasteiger partial charge is 0.151 e. The lowest BCUT2D eigenvalue weighted by atomic mass is 10.3. The molecular weight excluding hydrogens is 276 g/mol. The van der Waals surface area contributed by atoms with Crippen molar-refractivity contribution in [3.63, 3.8) is 0 Å². The Morgan fingerprint density at radius 2 is 2.11 bits per heavy atom. The second kappa shape index (κ2) is 5.54. The Balaban J connectivity index is 1.70. The first-order valence-corrected chi connectivity index (χ1v) is 7.62. The molecule has 0 aliphatic heterocycles. The minimum Gasteiger partial charge on any atom is -0.372 e.